The van der Waals surface area contributed by atoms with E-state index in [-0.39, 0.29) is 11.9 Å². The van der Waals surface area contributed by atoms with Gasteiger partial charge in [-0.1, -0.05) is 47.5 Å². The van der Waals surface area contributed by atoms with Gasteiger partial charge >= 0.3 is 0 Å². The fraction of sp³-hybridized carbons (Fsp3) is 0.316. The van der Waals surface area contributed by atoms with Gasteiger partial charge in [0.05, 0.1) is 16.5 Å². The third kappa shape index (κ3) is 4.43. The molecule has 0 unspecified atom stereocenters. The summed E-state index contributed by atoms with van der Waals surface area (Å²) in [6.07, 6.45) is 2.25. The molecule has 0 radical (unpaired) electrons. The van der Waals surface area contributed by atoms with E-state index in [4.69, 9.17) is 23.2 Å². The van der Waals surface area contributed by atoms with Gasteiger partial charge in [-0.15, -0.1) is 0 Å². The molecule has 0 aliphatic carbocycles. The predicted octanol–water partition coefficient (Wildman–Crippen LogP) is 4.32. The molecule has 0 atom stereocenters. The Kier molecular flexibility index (Phi) is 5.64. The van der Waals surface area contributed by atoms with Crippen molar-refractivity contribution < 1.29 is 4.79 Å². The maximum atomic E-state index is 12.2. The van der Waals surface area contributed by atoms with Crippen LogP contribution >= 0.6 is 23.2 Å². The van der Waals surface area contributed by atoms with Crippen molar-refractivity contribution in [2.75, 3.05) is 18.0 Å². The van der Waals surface area contributed by atoms with E-state index in [1.807, 2.05) is 12.1 Å². The molecule has 2 aromatic rings. The molecule has 0 aromatic heterocycles. The van der Waals surface area contributed by atoms with Crippen LogP contribution in [0.3, 0.4) is 0 Å². The van der Waals surface area contributed by atoms with Gasteiger partial charge < -0.3 is 10.2 Å². The third-order valence-corrected chi connectivity index (χ3v) is 5.07. The van der Waals surface area contributed by atoms with Crippen LogP contribution in [0.5, 0.6) is 0 Å². The van der Waals surface area contributed by atoms with Crippen LogP contribution in [0, 0.1) is 0 Å². The number of nitrogens with zero attached hydrogens (tertiary/aromatic N) is 1. The molecule has 1 aliphatic rings. The number of piperidine rings is 1. The molecule has 1 N–H and O–H groups in total. The van der Waals surface area contributed by atoms with Crippen molar-refractivity contribution >= 4 is 34.8 Å². The summed E-state index contributed by atoms with van der Waals surface area (Å²) in [4.78, 5) is 14.6. The molecule has 24 heavy (non-hydrogen) atoms. The average molecular weight is 363 g/mol. The Hall–Kier alpha value is -1.71. The van der Waals surface area contributed by atoms with Gasteiger partial charge in [0.25, 0.3) is 0 Å². The first-order valence-corrected chi connectivity index (χ1v) is 8.91. The van der Waals surface area contributed by atoms with Gasteiger partial charge in [-0.2, -0.15) is 0 Å². The quantitative estimate of drug-likeness (QED) is 0.878. The van der Waals surface area contributed by atoms with E-state index < -0.39 is 0 Å². The summed E-state index contributed by atoms with van der Waals surface area (Å²) in [7, 11) is 0. The SMILES string of the molecule is O=C(Cc1ccc(Cl)c(Cl)c1)NC1CCN(c2ccccc2)CC1. The number of hydrogen-bond acceptors (Lipinski definition) is 2. The number of anilines is 1. The molecule has 3 nitrogen and oxygen atoms in total. The molecule has 126 valence electrons. The topological polar surface area (TPSA) is 32.3 Å². The van der Waals surface area contributed by atoms with Crippen molar-refractivity contribution in [2.45, 2.75) is 25.3 Å². The van der Waals surface area contributed by atoms with Crippen LogP contribution in [0.15, 0.2) is 48.5 Å². The first-order chi connectivity index (χ1) is 11.6. The van der Waals surface area contributed by atoms with E-state index in [1.165, 1.54) is 5.69 Å². The number of benzene rings is 2. The number of nitrogens with one attached hydrogen (secondary N) is 1. The normalized spacial score (nSPS) is 15.3. The number of rotatable bonds is 4. The standard InChI is InChI=1S/C19H20Cl2N2O/c20-17-7-6-14(12-18(17)21)13-19(24)22-15-8-10-23(11-9-15)16-4-2-1-3-5-16/h1-7,12,15H,8-11,13H2,(H,22,24). The lowest BCUT2D eigenvalue weighted by atomic mass is 10.0. The van der Waals surface area contributed by atoms with Crippen molar-refractivity contribution in [3.05, 3.63) is 64.1 Å². The largest absolute Gasteiger partial charge is 0.371 e. The van der Waals surface area contributed by atoms with Gasteiger partial charge in [-0.3, -0.25) is 4.79 Å². The summed E-state index contributed by atoms with van der Waals surface area (Å²) in [6.45, 7) is 1.92. The molecule has 1 amide bonds. The number of hydrogen-bond donors (Lipinski definition) is 1. The minimum Gasteiger partial charge on any atom is -0.371 e. The molecule has 2 aromatic carbocycles. The molecule has 1 saturated heterocycles. The second-order valence-electron chi connectivity index (χ2n) is 6.09. The van der Waals surface area contributed by atoms with E-state index in [0.717, 1.165) is 31.5 Å². The summed E-state index contributed by atoms with van der Waals surface area (Å²) < 4.78 is 0. The molecule has 5 heteroatoms. The number of carbonyl (C=O) groups is 1. The van der Waals surface area contributed by atoms with Gasteiger partial charge in [-0.05, 0) is 42.7 Å². The number of halogens is 2. The van der Waals surface area contributed by atoms with Crippen LogP contribution in [-0.4, -0.2) is 25.0 Å². The zero-order chi connectivity index (χ0) is 16.9. The summed E-state index contributed by atoms with van der Waals surface area (Å²) in [5, 5.41) is 4.12. The Morgan fingerprint density at radius 3 is 2.42 bits per heavy atom. The van der Waals surface area contributed by atoms with E-state index in [9.17, 15) is 4.79 Å². The Bertz CT molecular complexity index is 698. The number of para-hydroxylation sites is 1. The Labute approximate surface area is 152 Å². The monoisotopic (exact) mass is 362 g/mol. The number of amides is 1. The smallest absolute Gasteiger partial charge is 0.224 e. The van der Waals surface area contributed by atoms with Gasteiger partial charge in [-0.25, -0.2) is 0 Å². The lowest BCUT2D eigenvalue weighted by Crippen LogP contribution is -2.45. The second kappa shape index (κ2) is 7.91. The average Bonchev–Trinajstić information content (AvgIpc) is 2.59. The maximum Gasteiger partial charge on any atom is 0.224 e. The second-order valence-corrected chi connectivity index (χ2v) is 6.90. The summed E-state index contributed by atoms with van der Waals surface area (Å²) >= 11 is 11.9. The van der Waals surface area contributed by atoms with Crippen LogP contribution < -0.4 is 10.2 Å². The lowest BCUT2D eigenvalue weighted by Gasteiger charge is -2.34. The fourth-order valence-corrected chi connectivity index (χ4v) is 3.36. The van der Waals surface area contributed by atoms with Crippen LogP contribution in [-0.2, 0) is 11.2 Å². The highest BCUT2D eigenvalue weighted by Crippen LogP contribution is 2.23. The molecule has 1 heterocycles. The number of carbonyl (C=O) groups excluding carboxylic acids is 1. The minimum atomic E-state index is 0.0338. The molecule has 3 rings (SSSR count). The first-order valence-electron chi connectivity index (χ1n) is 8.15. The molecule has 0 spiro atoms. The van der Waals surface area contributed by atoms with Crippen molar-refractivity contribution in [3.8, 4) is 0 Å². The summed E-state index contributed by atoms with van der Waals surface area (Å²) in [5.74, 6) is 0.0338. The van der Waals surface area contributed by atoms with E-state index in [2.05, 4.69) is 34.5 Å². The lowest BCUT2D eigenvalue weighted by molar-refractivity contribution is -0.121. The molecular formula is C19H20Cl2N2O. The molecule has 0 bridgehead atoms. The zero-order valence-electron chi connectivity index (χ0n) is 13.3. The highest BCUT2D eigenvalue weighted by Gasteiger charge is 2.20. The predicted molar refractivity (Wildman–Crippen MR) is 100.0 cm³/mol. The van der Waals surface area contributed by atoms with E-state index in [0.29, 0.717) is 16.5 Å². The Morgan fingerprint density at radius 1 is 1.04 bits per heavy atom. The fourth-order valence-electron chi connectivity index (χ4n) is 3.03. The Balaban J connectivity index is 1.49. The first kappa shape index (κ1) is 17.1. The van der Waals surface area contributed by atoms with Crippen LogP contribution in [0.4, 0.5) is 5.69 Å². The van der Waals surface area contributed by atoms with E-state index in [1.54, 1.807) is 12.1 Å². The van der Waals surface area contributed by atoms with Crippen molar-refractivity contribution in [2.24, 2.45) is 0 Å². The molecular weight excluding hydrogens is 343 g/mol. The van der Waals surface area contributed by atoms with Gasteiger partial charge in [0.1, 0.15) is 0 Å². The zero-order valence-corrected chi connectivity index (χ0v) is 14.9. The molecule has 1 fully saturated rings. The molecule has 1 aliphatic heterocycles. The highest BCUT2D eigenvalue weighted by molar-refractivity contribution is 6.42. The highest BCUT2D eigenvalue weighted by atomic mass is 35.5. The van der Waals surface area contributed by atoms with Gasteiger partial charge in [0, 0.05) is 24.8 Å². The van der Waals surface area contributed by atoms with Crippen molar-refractivity contribution in [3.63, 3.8) is 0 Å². The third-order valence-electron chi connectivity index (χ3n) is 4.33. The van der Waals surface area contributed by atoms with Crippen LogP contribution in [0.25, 0.3) is 0 Å². The van der Waals surface area contributed by atoms with Crippen LogP contribution in [0.1, 0.15) is 18.4 Å². The summed E-state index contributed by atoms with van der Waals surface area (Å²) in [6, 6.07) is 15.9. The summed E-state index contributed by atoms with van der Waals surface area (Å²) in [5.41, 5.74) is 2.13. The minimum absolute atomic E-state index is 0.0338. The van der Waals surface area contributed by atoms with Crippen LogP contribution in [0.2, 0.25) is 10.0 Å². The van der Waals surface area contributed by atoms with Crippen molar-refractivity contribution in [1.82, 2.24) is 5.32 Å². The van der Waals surface area contributed by atoms with Crippen molar-refractivity contribution in [1.29, 1.82) is 0 Å². The van der Waals surface area contributed by atoms with E-state index >= 15 is 0 Å². The van der Waals surface area contributed by atoms with Gasteiger partial charge in [0.15, 0.2) is 0 Å². The Morgan fingerprint density at radius 2 is 1.75 bits per heavy atom. The van der Waals surface area contributed by atoms with Gasteiger partial charge in [0.2, 0.25) is 5.91 Å². The molecule has 0 saturated carbocycles. The maximum absolute atomic E-state index is 12.2.